The highest BCUT2D eigenvalue weighted by Crippen LogP contribution is 2.42. The van der Waals surface area contributed by atoms with Crippen LogP contribution < -0.4 is 0 Å². The molecule has 9 aromatic carbocycles. The molecule has 0 saturated heterocycles. The summed E-state index contributed by atoms with van der Waals surface area (Å²) in [6.45, 7) is 0. The second-order valence-corrected chi connectivity index (χ2v) is 15.6. The Balaban J connectivity index is 1.05. The van der Waals surface area contributed by atoms with Crippen molar-refractivity contribution in [3.05, 3.63) is 200 Å². The molecule has 0 spiro atoms. The van der Waals surface area contributed by atoms with Crippen molar-refractivity contribution in [3.63, 3.8) is 0 Å². The van der Waals surface area contributed by atoms with Crippen molar-refractivity contribution in [2.24, 2.45) is 0 Å². The first-order chi connectivity index (χ1) is 30.2. The highest BCUT2D eigenvalue weighted by molar-refractivity contribution is 6.23. The molecule has 4 aromatic heterocycles. The van der Waals surface area contributed by atoms with Crippen molar-refractivity contribution in [3.8, 4) is 45.5 Å². The summed E-state index contributed by atoms with van der Waals surface area (Å²) in [4.78, 5) is 15.9. The fourth-order valence-corrected chi connectivity index (χ4v) is 9.43. The van der Waals surface area contributed by atoms with Crippen LogP contribution in [-0.2, 0) is 0 Å². The highest BCUT2D eigenvalue weighted by Gasteiger charge is 2.23. The zero-order valence-electron chi connectivity index (χ0n) is 32.7. The lowest BCUT2D eigenvalue weighted by atomic mass is 9.96. The smallest absolute Gasteiger partial charge is 0.238 e. The normalized spacial score (nSPS) is 11.9. The number of hydrogen-bond acceptors (Lipinski definition) is 4. The molecule has 0 radical (unpaired) electrons. The third-order valence-electron chi connectivity index (χ3n) is 12.2. The first-order valence-corrected chi connectivity index (χ1v) is 20.5. The Kier molecular flexibility index (Phi) is 7.21. The Morgan fingerprint density at radius 2 is 0.918 bits per heavy atom. The maximum Gasteiger partial charge on any atom is 0.238 e. The monoisotopic (exact) mass is 779 g/mol. The van der Waals surface area contributed by atoms with Crippen LogP contribution in [0.5, 0.6) is 0 Å². The summed E-state index contributed by atoms with van der Waals surface area (Å²) in [7, 11) is 0. The van der Waals surface area contributed by atoms with Gasteiger partial charge in [-0.25, -0.2) is 4.98 Å². The van der Waals surface area contributed by atoms with Crippen molar-refractivity contribution in [2.45, 2.75) is 0 Å². The van der Waals surface area contributed by atoms with E-state index in [0.717, 1.165) is 93.5 Å². The van der Waals surface area contributed by atoms with Gasteiger partial charge in [0.1, 0.15) is 11.2 Å². The van der Waals surface area contributed by atoms with E-state index in [4.69, 9.17) is 19.4 Å². The molecule has 0 saturated carbocycles. The molecule has 13 aromatic rings. The molecule has 0 atom stereocenters. The van der Waals surface area contributed by atoms with E-state index in [2.05, 4.69) is 173 Å². The predicted molar refractivity (Wildman–Crippen MR) is 250 cm³/mol. The zero-order valence-corrected chi connectivity index (χ0v) is 32.7. The minimum absolute atomic E-state index is 0.559. The van der Waals surface area contributed by atoms with Gasteiger partial charge in [0.05, 0.1) is 22.1 Å². The van der Waals surface area contributed by atoms with Gasteiger partial charge in [-0.05, 0) is 70.4 Å². The van der Waals surface area contributed by atoms with Crippen LogP contribution in [0, 0.1) is 0 Å². The van der Waals surface area contributed by atoms with Gasteiger partial charge in [-0.2, -0.15) is 9.97 Å². The lowest BCUT2D eigenvalue weighted by Crippen LogP contribution is -2.07. The molecule has 0 fully saturated rings. The van der Waals surface area contributed by atoms with Gasteiger partial charge in [0, 0.05) is 49.1 Å². The Hall–Kier alpha value is -8.35. The number of fused-ring (bicyclic) bond motifs is 11. The molecule has 0 N–H and O–H groups in total. The summed E-state index contributed by atoms with van der Waals surface area (Å²) in [5, 5.41) is 9.10. The van der Waals surface area contributed by atoms with Gasteiger partial charge < -0.3 is 8.98 Å². The van der Waals surface area contributed by atoms with Crippen LogP contribution in [0.3, 0.4) is 0 Å². The van der Waals surface area contributed by atoms with Gasteiger partial charge in [0.15, 0.2) is 11.6 Å². The van der Waals surface area contributed by atoms with E-state index in [1.807, 2.05) is 36.4 Å². The topological polar surface area (TPSA) is 61.7 Å². The molecule has 0 unspecified atom stereocenters. The molecule has 0 aliphatic carbocycles. The SMILES string of the molecule is c1ccc(-c2nc(-c3ccc4cc(-c5cccc6oc7ccccc7c56)ccc4c3)nc(-n3c4ccccc4c4ccc5c6ccccc6n(-c6ccccc6)c5c43)n2)cc1. The number of rotatable bonds is 5. The maximum atomic E-state index is 6.23. The fraction of sp³-hybridized carbons (Fsp3) is 0. The van der Waals surface area contributed by atoms with Crippen molar-refractivity contribution in [1.82, 2.24) is 24.1 Å². The largest absolute Gasteiger partial charge is 0.456 e. The Morgan fingerprint density at radius 1 is 0.361 bits per heavy atom. The number of nitrogens with zero attached hydrogens (tertiary/aromatic N) is 5. The number of furan rings is 1. The van der Waals surface area contributed by atoms with E-state index in [9.17, 15) is 0 Å². The molecule has 4 heterocycles. The number of hydrogen-bond donors (Lipinski definition) is 0. The van der Waals surface area contributed by atoms with E-state index < -0.39 is 0 Å². The van der Waals surface area contributed by atoms with Crippen LogP contribution in [0.2, 0.25) is 0 Å². The van der Waals surface area contributed by atoms with Gasteiger partial charge >= 0.3 is 0 Å². The first kappa shape index (κ1) is 33.6. The average Bonchev–Trinajstić information content (AvgIpc) is 4.00. The molecule has 13 rings (SSSR count). The summed E-state index contributed by atoms with van der Waals surface area (Å²) < 4.78 is 10.9. The molecule has 6 heteroatoms. The number of benzene rings is 9. The summed E-state index contributed by atoms with van der Waals surface area (Å²) in [5.41, 5.74) is 11.3. The number of aromatic nitrogens is 5. The van der Waals surface area contributed by atoms with Crippen LogP contribution in [0.1, 0.15) is 0 Å². The van der Waals surface area contributed by atoms with Crippen LogP contribution in [0.15, 0.2) is 205 Å². The summed E-state index contributed by atoms with van der Waals surface area (Å²) in [5.74, 6) is 1.77. The van der Waals surface area contributed by atoms with E-state index in [0.29, 0.717) is 17.6 Å². The van der Waals surface area contributed by atoms with Gasteiger partial charge in [-0.1, -0.05) is 152 Å². The van der Waals surface area contributed by atoms with E-state index >= 15 is 0 Å². The standard InChI is InChI=1S/C55H33N5O/c1-3-14-34(15-4-1)53-56-54(38-29-27-35-32-37(28-26-36(35)33-38)40-21-13-25-49-50(40)45-20-9-12-24-48(45)61-49)58-55(57-53)60-47-23-11-8-19-42(47)44-31-30-43-41-18-7-10-22-46(41)59(51(43)52(44)60)39-16-5-2-6-17-39/h1-33H. The van der Waals surface area contributed by atoms with Crippen molar-refractivity contribution in [1.29, 1.82) is 0 Å². The molecule has 0 aliphatic heterocycles. The second-order valence-electron chi connectivity index (χ2n) is 15.6. The third kappa shape index (κ3) is 5.12. The van der Waals surface area contributed by atoms with E-state index in [-0.39, 0.29) is 0 Å². The predicted octanol–water partition coefficient (Wildman–Crippen LogP) is 14.1. The minimum atomic E-state index is 0.559. The Bertz CT molecular complexity index is 3880. The lowest BCUT2D eigenvalue weighted by Gasteiger charge is -2.13. The Labute approximate surface area is 349 Å². The molecule has 6 nitrogen and oxygen atoms in total. The minimum Gasteiger partial charge on any atom is -0.456 e. The summed E-state index contributed by atoms with van der Waals surface area (Å²) >= 11 is 0. The van der Waals surface area contributed by atoms with Gasteiger partial charge in [0.2, 0.25) is 5.95 Å². The second kappa shape index (κ2) is 13.1. The molecule has 0 bridgehead atoms. The first-order valence-electron chi connectivity index (χ1n) is 20.5. The van der Waals surface area contributed by atoms with Gasteiger partial charge in [0.25, 0.3) is 0 Å². The molecule has 0 aliphatic rings. The highest BCUT2D eigenvalue weighted by atomic mass is 16.3. The van der Waals surface area contributed by atoms with Gasteiger partial charge in [-0.15, -0.1) is 0 Å². The van der Waals surface area contributed by atoms with Crippen molar-refractivity contribution >= 4 is 76.3 Å². The third-order valence-corrected chi connectivity index (χ3v) is 12.2. The molecular formula is C55H33N5O. The van der Waals surface area contributed by atoms with Crippen LogP contribution in [-0.4, -0.2) is 24.1 Å². The quantitative estimate of drug-likeness (QED) is 0.175. The van der Waals surface area contributed by atoms with E-state index in [1.54, 1.807) is 0 Å². The van der Waals surface area contributed by atoms with Gasteiger partial charge in [-0.3, -0.25) is 4.57 Å². The Morgan fingerprint density at radius 3 is 1.66 bits per heavy atom. The fourth-order valence-electron chi connectivity index (χ4n) is 9.43. The molecule has 284 valence electrons. The maximum absolute atomic E-state index is 6.23. The van der Waals surface area contributed by atoms with Crippen LogP contribution in [0.4, 0.5) is 0 Å². The summed E-state index contributed by atoms with van der Waals surface area (Å²) in [6, 6.07) is 70.3. The summed E-state index contributed by atoms with van der Waals surface area (Å²) in [6.07, 6.45) is 0. The zero-order chi connectivity index (χ0) is 40.0. The number of para-hydroxylation sites is 4. The van der Waals surface area contributed by atoms with Crippen molar-refractivity contribution < 1.29 is 4.42 Å². The van der Waals surface area contributed by atoms with Crippen LogP contribution in [0.25, 0.3) is 122 Å². The lowest BCUT2D eigenvalue weighted by molar-refractivity contribution is 0.669. The molecule has 0 amide bonds. The van der Waals surface area contributed by atoms with E-state index in [1.165, 1.54) is 10.8 Å². The average molecular weight is 780 g/mol. The van der Waals surface area contributed by atoms with Crippen LogP contribution >= 0.6 is 0 Å². The molecule has 61 heavy (non-hydrogen) atoms. The molecular weight excluding hydrogens is 747 g/mol. The van der Waals surface area contributed by atoms with Crippen molar-refractivity contribution in [2.75, 3.05) is 0 Å².